The first-order valence-corrected chi connectivity index (χ1v) is 10.6. The van der Waals surface area contributed by atoms with E-state index in [1.54, 1.807) is 18.2 Å². The van der Waals surface area contributed by atoms with E-state index in [4.69, 9.17) is 28.2 Å². The van der Waals surface area contributed by atoms with E-state index in [1.165, 1.54) is 0 Å². The predicted octanol–water partition coefficient (Wildman–Crippen LogP) is 5.75. The van der Waals surface area contributed by atoms with Crippen LogP contribution in [0.25, 0.3) is 16.7 Å². The van der Waals surface area contributed by atoms with Crippen molar-refractivity contribution in [3.63, 3.8) is 0 Å². The molecule has 0 radical (unpaired) electrons. The smallest absolute Gasteiger partial charge is 0.204 e. The minimum absolute atomic E-state index is 0.0818. The molecule has 0 aliphatic heterocycles. The number of aromatic nitrogens is 4. The topological polar surface area (TPSA) is 72.2 Å². The van der Waals surface area contributed by atoms with Gasteiger partial charge in [-0.3, -0.25) is 9.20 Å². The zero-order chi connectivity index (χ0) is 21.1. The standard InChI is InChI=1S/C22H21Cl2N5O/c1-14-27-28-22-21(26-18-7-4-5-8-19(18)29(14)22)25-12-6-2-3-9-20(30)15-10-11-16(23)17(24)13-15/h4-5,7-8,10-11,13H,2-3,6,9,12H2,1H3,(H,25,26). The second-order valence-electron chi connectivity index (χ2n) is 7.14. The maximum atomic E-state index is 12.3. The number of benzene rings is 2. The van der Waals surface area contributed by atoms with Crippen molar-refractivity contribution in [2.75, 3.05) is 11.9 Å². The molecule has 0 atom stereocenters. The van der Waals surface area contributed by atoms with Gasteiger partial charge in [-0.25, -0.2) is 4.98 Å². The first-order valence-electron chi connectivity index (χ1n) is 9.87. The quantitative estimate of drug-likeness (QED) is 0.278. The lowest BCUT2D eigenvalue weighted by molar-refractivity contribution is 0.0979. The molecule has 2 aromatic carbocycles. The molecule has 30 heavy (non-hydrogen) atoms. The first-order chi connectivity index (χ1) is 14.5. The van der Waals surface area contributed by atoms with E-state index in [0.29, 0.717) is 22.0 Å². The van der Waals surface area contributed by atoms with Crippen LogP contribution in [0.4, 0.5) is 5.82 Å². The van der Waals surface area contributed by atoms with Gasteiger partial charge >= 0.3 is 0 Å². The van der Waals surface area contributed by atoms with Crippen molar-refractivity contribution in [2.45, 2.75) is 32.6 Å². The summed E-state index contributed by atoms with van der Waals surface area (Å²) in [6, 6.07) is 12.9. The Morgan fingerprint density at radius 2 is 1.87 bits per heavy atom. The predicted molar refractivity (Wildman–Crippen MR) is 121 cm³/mol. The molecule has 1 N–H and O–H groups in total. The van der Waals surface area contributed by atoms with Crippen LogP contribution in [0, 0.1) is 6.92 Å². The lowest BCUT2D eigenvalue weighted by atomic mass is 10.0. The molecule has 0 saturated heterocycles. The summed E-state index contributed by atoms with van der Waals surface area (Å²) in [5.74, 6) is 1.63. The summed E-state index contributed by atoms with van der Waals surface area (Å²) in [5, 5.41) is 12.7. The van der Waals surface area contributed by atoms with E-state index in [9.17, 15) is 4.79 Å². The highest BCUT2D eigenvalue weighted by Crippen LogP contribution is 2.24. The second kappa shape index (κ2) is 8.98. The average Bonchev–Trinajstić information content (AvgIpc) is 3.14. The van der Waals surface area contributed by atoms with Gasteiger partial charge in [-0.1, -0.05) is 41.8 Å². The molecule has 0 unspecified atom stereocenters. The fourth-order valence-corrected chi connectivity index (χ4v) is 3.75. The van der Waals surface area contributed by atoms with Crippen molar-refractivity contribution in [2.24, 2.45) is 0 Å². The van der Waals surface area contributed by atoms with Gasteiger partial charge in [0.15, 0.2) is 11.6 Å². The molecule has 0 fully saturated rings. The molecule has 0 saturated carbocycles. The van der Waals surface area contributed by atoms with Crippen molar-refractivity contribution >= 4 is 51.5 Å². The zero-order valence-corrected chi connectivity index (χ0v) is 18.0. The fourth-order valence-electron chi connectivity index (χ4n) is 3.45. The van der Waals surface area contributed by atoms with E-state index < -0.39 is 0 Å². The lowest BCUT2D eigenvalue weighted by Crippen LogP contribution is -2.07. The molecule has 0 bridgehead atoms. The van der Waals surface area contributed by atoms with Crippen molar-refractivity contribution < 1.29 is 4.79 Å². The van der Waals surface area contributed by atoms with Gasteiger partial charge in [0.2, 0.25) is 5.65 Å². The Kier molecular flexibility index (Phi) is 6.16. The fraction of sp³-hybridized carbons (Fsp3) is 0.273. The monoisotopic (exact) mass is 441 g/mol. The number of rotatable bonds is 8. The van der Waals surface area contributed by atoms with Gasteiger partial charge in [-0.15, -0.1) is 10.2 Å². The highest BCUT2D eigenvalue weighted by Gasteiger charge is 2.12. The van der Waals surface area contributed by atoms with E-state index in [-0.39, 0.29) is 5.78 Å². The van der Waals surface area contributed by atoms with Gasteiger partial charge in [-0.2, -0.15) is 0 Å². The Labute approximate surface area is 184 Å². The maximum Gasteiger partial charge on any atom is 0.204 e. The molecule has 6 nitrogen and oxygen atoms in total. The Hall–Kier alpha value is -2.70. The van der Waals surface area contributed by atoms with Crippen LogP contribution in [-0.4, -0.2) is 31.9 Å². The number of fused-ring (bicyclic) bond motifs is 3. The summed E-state index contributed by atoms with van der Waals surface area (Å²) >= 11 is 11.9. The van der Waals surface area contributed by atoms with E-state index >= 15 is 0 Å². The van der Waals surface area contributed by atoms with Crippen LogP contribution in [-0.2, 0) is 0 Å². The molecule has 0 amide bonds. The number of nitrogens with zero attached hydrogens (tertiary/aromatic N) is 4. The molecule has 154 valence electrons. The van der Waals surface area contributed by atoms with Gasteiger partial charge in [0.1, 0.15) is 5.82 Å². The molecular weight excluding hydrogens is 421 g/mol. The summed E-state index contributed by atoms with van der Waals surface area (Å²) in [4.78, 5) is 17.0. The van der Waals surface area contributed by atoms with Gasteiger partial charge in [0, 0.05) is 18.5 Å². The highest BCUT2D eigenvalue weighted by molar-refractivity contribution is 6.42. The van der Waals surface area contributed by atoms with Crippen LogP contribution in [0.3, 0.4) is 0 Å². The number of halogens is 2. The number of nitrogens with one attached hydrogen (secondary N) is 1. The Bertz CT molecular complexity index is 1220. The van der Waals surface area contributed by atoms with Crippen molar-refractivity contribution in [1.29, 1.82) is 0 Å². The number of para-hydroxylation sites is 2. The minimum Gasteiger partial charge on any atom is -0.367 e. The summed E-state index contributed by atoms with van der Waals surface area (Å²) in [6.07, 6.45) is 3.14. The lowest BCUT2D eigenvalue weighted by Gasteiger charge is -2.09. The molecule has 4 rings (SSSR count). The van der Waals surface area contributed by atoms with Crippen LogP contribution >= 0.6 is 23.2 Å². The van der Waals surface area contributed by atoms with Gasteiger partial charge < -0.3 is 5.32 Å². The van der Waals surface area contributed by atoms with Crippen molar-refractivity contribution in [3.05, 3.63) is 63.9 Å². The first kappa shape index (κ1) is 20.6. The molecule has 2 aromatic heterocycles. The number of carbonyl (C=O) groups excluding carboxylic acids is 1. The van der Waals surface area contributed by atoms with Gasteiger partial charge in [0.05, 0.1) is 21.1 Å². The second-order valence-corrected chi connectivity index (χ2v) is 7.96. The third kappa shape index (κ3) is 4.25. The molecule has 0 spiro atoms. The van der Waals surface area contributed by atoms with Crippen LogP contribution in [0.1, 0.15) is 41.9 Å². The molecule has 0 aliphatic carbocycles. The summed E-state index contributed by atoms with van der Waals surface area (Å²) in [6.45, 7) is 2.68. The number of aryl methyl sites for hydroxylation is 1. The van der Waals surface area contributed by atoms with Gasteiger partial charge in [0.25, 0.3) is 0 Å². The van der Waals surface area contributed by atoms with Crippen LogP contribution in [0.15, 0.2) is 42.5 Å². The number of hydrogen-bond acceptors (Lipinski definition) is 5. The third-order valence-electron chi connectivity index (χ3n) is 5.01. The van der Waals surface area contributed by atoms with Crippen molar-refractivity contribution in [3.8, 4) is 0 Å². The van der Waals surface area contributed by atoms with Crippen molar-refractivity contribution in [1.82, 2.24) is 19.6 Å². The van der Waals surface area contributed by atoms with E-state index in [2.05, 4.69) is 15.5 Å². The largest absolute Gasteiger partial charge is 0.367 e. The number of unbranched alkanes of at least 4 members (excludes halogenated alkanes) is 2. The minimum atomic E-state index is 0.0818. The summed E-state index contributed by atoms with van der Waals surface area (Å²) in [7, 11) is 0. The normalized spacial score (nSPS) is 11.3. The van der Waals surface area contributed by atoms with Gasteiger partial charge in [-0.05, 0) is 50.1 Å². The van der Waals surface area contributed by atoms with E-state index in [0.717, 1.165) is 54.1 Å². The zero-order valence-electron chi connectivity index (χ0n) is 16.5. The average molecular weight is 442 g/mol. The van der Waals surface area contributed by atoms with Crippen LogP contribution in [0.5, 0.6) is 0 Å². The van der Waals surface area contributed by atoms with Crippen LogP contribution in [0.2, 0.25) is 10.0 Å². The number of carbonyl (C=O) groups is 1. The molecule has 8 heteroatoms. The molecule has 2 heterocycles. The Balaban J connectivity index is 1.32. The summed E-state index contributed by atoms with van der Waals surface area (Å²) in [5.41, 5.74) is 3.21. The number of Topliss-reactive ketones (excluding diaryl/α,β-unsaturated/α-hetero) is 1. The SMILES string of the molecule is Cc1nnc2c(NCCCCCC(=O)c3ccc(Cl)c(Cl)c3)nc3ccccc3n12. The number of ketones is 1. The number of hydrogen-bond donors (Lipinski definition) is 1. The molecular formula is C22H21Cl2N5O. The Morgan fingerprint density at radius 1 is 1.03 bits per heavy atom. The third-order valence-corrected chi connectivity index (χ3v) is 5.75. The summed E-state index contributed by atoms with van der Waals surface area (Å²) < 4.78 is 2.01. The molecule has 4 aromatic rings. The van der Waals surface area contributed by atoms with Crippen LogP contribution < -0.4 is 5.32 Å². The van der Waals surface area contributed by atoms with E-state index in [1.807, 2.05) is 35.6 Å². The highest BCUT2D eigenvalue weighted by atomic mass is 35.5. The number of anilines is 1. The Morgan fingerprint density at radius 3 is 2.70 bits per heavy atom. The maximum absolute atomic E-state index is 12.3. The molecule has 0 aliphatic rings.